The molecular formula is C21H24O. The molecule has 0 aromatic heterocycles. The fourth-order valence-corrected chi connectivity index (χ4v) is 5.21. The summed E-state index contributed by atoms with van der Waals surface area (Å²) in [5, 5.41) is 10.9. The molecule has 0 radical (unpaired) electrons. The minimum Gasteiger partial charge on any atom is -0.393 e. The zero-order chi connectivity index (χ0) is 15.5. The summed E-state index contributed by atoms with van der Waals surface area (Å²) in [6.07, 6.45) is 1.57. The first kappa shape index (κ1) is 14.0. The van der Waals surface area contributed by atoms with Gasteiger partial charge in [-0.05, 0) is 35.1 Å². The molecule has 2 bridgehead atoms. The third-order valence-corrected chi connectivity index (χ3v) is 6.64. The molecule has 114 valence electrons. The summed E-state index contributed by atoms with van der Waals surface area (Å²) in [4.78, 5) is 0. The molecule has 1 unspecified atom stereocenters. The predicted molar refractivity (Wildman–Crippen MR) is 90.2 cm³/mol. The number of aliphatic hydroxyl groups is 1. The molecule has 2 atom stereocenters. The molecule has 0 fully saturated rings. The first-order chi connectivity index (χ1) is 10.5. The number of fused-ring (bicyclic) bond motifs is 1. The Labute approximate surface area is 133 Å². The van der Waals surface area contributed by atoms with Crippen molar-refractivity contribution >= 4 is 0 Å². The van der Waals surface area contributed by atoms with Gasteiger partial charge in [0.05, 0.1) is 6.10 Å². The fraction of sp³-hybridized carbons (Fsp3) is 0.429. The molecule has 0 amide bonds. The highest BCUT2D eigenvalue weighted by molar-refractivity contribution is 5.60. The molecule has 1 heteroatoms. The zero-order valence-electron chi connectivity index (χ0n) is 13.6. The van der Waals surface area contributed by atoms with Crippen LogP contribution in [0.25, 0.3) is 0 Å². The van der Waals surface area contributed by atoms with Crippen molar-refractivity contribution in [3.05, 3.63) is 70.8 Å². The molecule has 1 N–H and O–H groups in total. The number of benzene rings is 2. The minimum absolute atomic E-state index is 0.116. The SMILES string of the molecule is CC[C@@H](O)C1(C)CC2c3ccccc3C1(C)c1ccccc12. The van der Waals surface area contributed by atoms with Crippen LogP contribution in [-0.4, -0.2) is 11.2 Å². The van der Waals surface area contributed by atoms with E-state index in [-0.39, 0.29) is 16.9 Å². The van der Waals surface area contributed by atoms with Gasteiger partial charge >= 0.3 is 0 Å². The molecular weight excluding hydrogens is 268 g/mol. The normalized spacial score (nSPS) is 33.2. The fourth-order valence-electron chi connectivity index (χ4n) is 5.21. The van der Waals surface area contributed by atoms with Crippen molar-refractivity contribution in [2.75, 3.05) is 0 Å². The smallest absolute Gasteiger partial charge is 0.0603 e. The van der Waals surface area contributed by atoms with Crippen molar-refractivity contribution in [2.24, 2.45) is 5.41 Å². The van der Waals surface area contributed by atoms with E-state index in [9.17, 15) is 5.11 Å². The van der Waals surface area contributed by atoms with Crippen LogP contribution in [0.5, 0.6) is 0 Å². The average molecular weight is 292 g/mol. The third-order valence-electron chi connectivity index (χ3n) is 6.64. The summed E-state index contributed by atoms with van der Waals surface area (Å²) in [5.74, 6) is 0.417. The molecule has 2 aromatic carbocycles. The van der Waals surface area contributed by atoms with Gasteiger partial charge in [0.2, 0.25) is 0 Å². The second-order valence-corrected chi connectivity index (χ2v) is 7.40. The molecule has 1 nitrogen and oxygen atoms in total. The molecule has 3 aliphatic rings. The zero-order valence-corrected chi connectivity index (χ0v) is 13.6. The van der Waals surface area contributed by atoms with Crippen LogP contribution in [0.1, 0.15) is 61.8 Å². The predicted octanol–water partition coefficient (Wildman–Crippen LogP) is 4.62. The molecule has 3 aliphatic carbocycles. The van der Waals surface area contributed by atoms with Crippen LogP contribution < -0.4 is 0 Å². The van der Waals surface area contributed by atoms with Crippen LogP contribution in [-0.2, 0) is 5.41 Å². The number of hydrogen-bond donors (Lipinski definition) is 1. The highest BCUT2D eigenvalue weighted by Gasteiger charge is 2.59. The van der Waals surface area contributed by atoms with E-state index >= 15 is 0 Å². The van der Waals surface area contributed by atoms with Crippen LogP contribution in [0.4, 0.5) is 0 Å². The standard InChI is InChI=1S/C21H24O/c1-4-19(22)20(2)13-16-14-9-5-7-11-17(14)21(20,3)18-12-8-6-10-15(16)18/h5-12,16,19,22H,4,13H2,1-3H3/t16?,19-,20?,21?/m1/s1. The van der Waals surface area contributed by atoms with Crippen molar-refractivity contribution in [2.45, 2.75) is 51.0 Å². The monoisotopic (exact) mass is 292 g/mol. The van der Waals surface area contributed by atoms with Crippen LogP contribution in [0.15, 0.2) is 48.5 Å². The van der Waals surface area contributed by atoms with Gasteiger partial charge in [-0.2, -0.15) is 0 Å². The van der Waals surface area contributed by atoms with Crippen LogP contribution in [0.3, 0.4) is 0 Å². The molecule has 0 aliphatic heterocycles. The Hall–Kier alpha value is -1.60. The van der Waals surface area contributed by atoms with Crippen molar-refractivity contribution in [1.82, 2.24) is 0 Å². The maximum atomic E-state index is 10.9. The molecule has 0 saturated carbocycles. The highest BCUT2D eigenvalue weighted by atomic mass is 16.3. The van der Waals surface area contributed by atoms with E-state index in [1.54, 1.807) is 0 Å². The van der Waals surface area contributed by atoms with Gasteiger partial charge < -0.3 is 5.11 Å². The average Bonchev–Trinajstić information content (AvgIpc) is 2.57. The number of aliphatic hydroxyl groups excluding tert-OH is 1. The molecule has 0 heterocycles. The first-order valence-corrected chi connectivity index (χ1v) is 8.41. The van der Waals surface area contributed by atoms with Crippen LogP contribution >= 0.6 is 0 Å². The number of hydrogen-bond acceptors (Lipinski definition) is 1. The second kappa shape index (κ2) is 4.45. The Kier molecular flexibility index (Phi) is 2.84. The van der Waals surface area contributed by atoms with Gasteiger partial charge in [0.15, 0.2) is 0 Å². The summed E-state index contributed by atoms with van der Waals surface area (Å²) in [7, 11) is 0. The summed E-state index contributed by atoms with van der Waals surface area (Å²) in [6, 6.07) is 17.7. The summed E-state index contributed by atoms with van der Waals surface area (Å²) in [6.45, 7) is 6.73. The Morgan fingerprint density at radius 2 is 1.50 bits per heavy atom. The van der Waals surface area contributed by atoms with Crippen LogP contribution in [0, 0.1) is 5.41 Å². The van der Waals surface area contributed by atoms with E-state index in [4.69, 9.17) is 0 Å². The maximum absolute atomic E-state index is 10.9. The van der Waals surface area contributed by atoms with E-state index in [1.807, 2.05) is 0 Å². The van der Waals surface area contributed by atoms with Crippen molar-refractivity contribution in [1.29, 1.82) is 0 Å². The summed E-state index contributed by atoms with van der Waals surface area (Å²) >= 11 is 0. The molecule has 0 saturated heterocycles. The van der Waals surface area contributed by atoms with Crippen molar-refractivity contribution in [3.8, 4) is 0 Å². The lowest BCUT2D eigenvalue weighted by atomic mass is 9.43. The largest absolute Gasteiger partial charge is 0.393 e. The van der Waals surface area contributed by atoms with Gasteiger partial charge in [0.25, 0.3) is 0 Å². The molecule has 2 aromatic rings. The van der Waals surface area contributed by atoms with Crippen molar-refractivity contribution < 1.29 is 5.11 Å². The van der Waals surface area contributed by atoms with Gasteiger partial charge in [0.1, 0.15) is 0 Å². The highest BCUT2D eigenvalue weighted by Crippen LogP contribution is 2.65. The van der Waals surface area contributed by atoms with Gasteiger partial charge in [-0.1, -0.05) is 69.3 Å². The maximum Gasteiger partial charge on any atom is 0.0603 e. The lowest BCUT2D eigenvalue weighted by Gasteiger charge is -2.60. The number of rotatable bonds is 2. The van der Waals surface area contributed by atoms with E-state index in [0.29, 0.717) is 5.92 Å². The molecule has 0 spiro atoms. The Balaban J connectivity index is 2.07. The Morgan fingerprint density at radius 1 is 1.00 bits per heavy atom. The lowest BCUT2D eigenvalue weighted by Crippen LogP contribution is -2.57. The van der Waals surface area contributed by atoms with Gasteiger partial charge in [-0.3, -0.25) is 0 Å². The Bertz CT molecular complexity index is 685. The van der Waals surface area contributed by atoms with E-state index in [0.717, 1.165) is 12.8 Å². The van der Waals surface area contributed by atoms with E-state index in [2.05, 4.69) is 69.3 Å². The van der Waals surface area contributed by atoms with Gasteiger partial charge in [-0.25, -0.2) is 0 Å². The topological polar surface area (TPSA) is 20.2 Å². The summed E-state index contributed by atoms with van der Waals surface area (Å²) < 4.78 is 0. The Morgan fingerprint density at radius 3 is 2.00 bits per heavy atom. The van der Waals surface area contributed by atoms with Crippen LogP contribution in [0.2, 0.25) is 0 Å². The third kappa shape index (κ3) is 1.43. The van der Waals surface area contributed by atoms with Crippen molar-refractivity contribution in [3.63, 3.8) is 0 Å². The second-order valence-electron chi connectivity index (χ2n) is 7.40. The minimum atomic E-state index is -0.276. The van der Waals surface area contributed by atoms with Gasteiger partial charge in [0, 0.05) is 16.7 Å². The molecule has 5 rings (SSSR count). The first-order valence-electron chi connectivity index (χ1n) is 8.41. The molecule has 22 heavy (non-hydrogen) atoms. The summed E-state index contributed by atoms with van der Waals surface area (Å²) in [5.41, 5.74) is 5.52. The quantitative estimate of drug-likeness (QED) is 0.856. The lowest BCUT2D eigenvalue weighted by molar-refractivity contribution is -0.0313. The van der Waals surface area contributed by atoms with Gasteiger partial charge in [-0.15, -0.1) is 0 Å². The van der Waals surface area contributed by atoms with E-state index < -0.39 is 0 Å². The van der Waals surface area contributed by atoms with E-state index in [1.165, 1.54) is 22.3 Å².